The second-order valence-corrected chi connectivity index (χ2v) is 6.57. The molecule has 27 heavy (non-hydrogen) atoms. The topological polar surface area (TPSA) is 59.1 Å². The van der Waals surface area contributed by atoms with Crippen LogP contribution >= 0.6 is 0 Å². The smallest absolute Gasteiger partial charge is 0.254 e. The third kappa shape index (κ3) is 3.60. The summed E-state index contributed by atoms with van der Waals surface area (Å²) in [4.78, 5) is 29.2. The molecule has 1 heterocycles. The lowest BCUT2D eigenvalue weighted by Crippen LogP contribution is -2.57. The van der Waals surface area contributed by atoms with Crippen LogP contribution in [0.5, 0.6) is 11.5 Å². The molecule has 142 valence electrons. The first kappa shape index (κ1) is 18.8. The summed E-state index contributed by atoms with van der Waals surface area (Å²) in [5.41, 5.74) is 2.33. The van der Waals surface area contributed by atoms with E-state index in [4.69, 9.17) is 9.47 Å². The molecule has 2 amide bonds. The molecule has 0 aliphatic carbocycles. The van der Waals surface area contributed by atoms with Crippen molar-refractivity contribution in [3.63, 3.8) is 0 Å². The quantitative estimate of drug-likeness (QED) is 0.833. The van der Waals surface area contributed by atoms with E-state index in [0.29, 0.717) is 35.8 Å². The third-order valence-corrected chi connectivity index (χ3v) is 4.89. The molecule has 1 aliphatic rings. The van der Waals surface area contributed by atoms with Crippen molar-refractivity contribution in [1.29, 1.82) is 0 Å². The van der Waals surface area contributed by atoms with Crippen LogP contribution in [0.3, 0.4) is 0 Å². The highest BCUT2D eigenvalue weighted by Crippen LogP contribution is 2.34. The Bertz CT molecular complexity index is 848. The van der Waals surface area contributed by atoms with Crippen LogP contribution in [0.2, 0.25) is 0 Å². The fourth-order valence-electron chi connectivity index (χ4n) is 3.26. The van der Waals surface area contributed by atoms with Crippen LogP contribution in [0.1, 0.15) is 22.8 Å². The zero-order valence-electron chi connectivity index (χ0n) is 16.1. The van der Waals surface area contributed by atoms with Gasteiger partial charge in [0.15, 0.2) is 0 Å². The standard InChI is InChI=1S/C21H24N2O4/c1-14-5-7-16(8-6-14)21(25)22-11-12-23(20(24)15(22)2)18-13-17(26-3)9-10-19(18)27-4/h5-10,13,15H,11-12H2,1-4H3. The number of carbonyl (C=O) groups excluding carboxylic acids is 2. The largest absolute Gasteiger partial charge is 0.497 e. The van der Waals surface area contributed by atoms with Crippen molar-refractivity contribution in [2.45, 2.75) is 19.9 Å². The maximum absolute atomic E-state index is 13.0. The van der Waals surface area contributed by atoms with Gasteiger partial charge in [-0.15, -0.1) is 0 Å². The van der Waals surface area contributed by atoms with E-state index in [1.165, 1.54) is 0 Å². The fourth-order valence-corrected chi connectivity index (χ4v) is 3.26. The number of hydrogen-bond donors (Lipinski definition) is 0. The Labute approximate surface area is 159 Å². The first-order valence-corrected chi connectivity index (χ1v) is 8.87. The highest BCUT2D eigenvalue weighted by molar-refractivity contribution is 6.04. The maximum Gasteiger partial charge on any atom is 0.254 e. The average molecular weight is 368 g/mol. The Kier molecular flexibility index (Phi) is 5.35. The van der Waals surface area contributed by atoms with Gasteiger partial charge in [0.1, 0.15) is 17.5 Å². The number of benzene rings is 2. The molecule has 1 aliphatic heterocycles. The van der Waals surface area contributed by atoms with Gasteiger partial charge in [-0.1, -0.05) is 17.7 Å². The molecular weight excluding hydrogens is 344 g/mol. The van der Waals surface area contributed by atoms with Gasteiger partial charge in [-0.2, -0.15) is 0 Å². The molecule has 0 radical (unpaired) electrons. The van der Waals surface area contributed by atoms with Crippen molar-refractivity contribution in [3.05, 3.63) is 53.6 Å². The predicted octanol–water partition coefficient (Wildman–Crippen LogP) is 2.89. The molecule has 0 bridgehead atoms. The minimum atomic E-state index is -0.566. The number of carbonyl (C=O) groups is 2. The van der Waals surface area contributed by atoms with E-state index in [2.05, 4.69) is 0 Å². The Morgan fingerprint density at radius 2 is 1.74 bits per heavy atom. The highest BCUT2D eigenvalue weighted by atomic mass is 16.5. The molecule has 1 saturated heterocycles. The number of anilines is 1. The number of aryl methyl sites for hydroxylation is 1. The first-order valence-electron chi connectivity index (χ1n) is 8.87. The second-order valence-electron chi connectivity index (χ2n) is 6.57. The van der Waals surface area contributed by atoms with Crippen LogP contribution in [0, 0.1) is 6.92 Å². The van der Waals surface area contributed by atoms with Crippen LogP contribution in [0.4, 0.5) is 5.69 Å². The fraction of sp³-hybridized carbons (Fsp3) is 0.333. The Balaban J connectivity index is 1.84. The van der Waals surface area contributed by atoms with Gasteiger partial charge in [-0.25, -0.2) is 0 Å². The van der Waals surface area contributed by atoms with Crippen molar-refractivity contribution >= 4 is 17.5 Å². The van der Waals surface area contributed by atoms with Gasteiger partial charge >= 0.3 is 0 Å². The van der Waals surface area contributed by atoms with E-state index in [0.717, 1.165) is 5.56 Å². The van der Waals surface area contributed by atoms with Crippen LogP contribution in [0.15, 0.2) is 42.5 Å². The van der Waals surface area contributed by atoms with Crippen LogP contribution in [0.25, 0.3) is 0 Å². The number of amides is 2. The van der Waals surface area contributed by atoms with Crippen LogP contribution in [-0.2, 0) is 4.79 Å². The van der Waals surface area contributed by atoms with Gasteiger partial charge < -0.3 is 19.3 Å². The predicted molar refractivity (Wildman–Crippen MR) is 104 cm³/mol. The minimum Gasteiger partial charge on any atom is -0.497 e. The van der Waals surface area contributed by atoms with Crippen LogP contribution < -0.4 is 14.4 Å². The molecule has 2 aromatic rings. The normalized spacial score (nSPS) is 17.0. The zero-order chi connectivity index (χ0) is 19.6. The van der Waals surface area contributed by atoms with Crippen molar-refractivity contribution in [1.82, 2.24) is 4.90 Å². The molecule has 0 saturated carbocycles. The van der Waals surface area contributed by atoms with Crippen molar-refractivity contribution in [3.8, 4) is 11.5 Å². The lowest BCUT2D eigenvalue weighted by Gasteiger charge is -2.39. The lowest BCUT2D eigenvalue weighted by atomic mass is 10.1. The summed E-state index contributed by atoms with van der Waals surface area (Å²) >= 11 is 0. The Morgan fingerprint density at radius 3 is 2.37 bits per heavy atom. The molecule has 3 rings (SSSR count). The molecule has 1 fully saturated rings. The maximum atomic E-state index is 13.0. The minimum absolute atomic E-state index is 0.131. The molecule has 0 spiro atoms. The van der Waals surface area contributed by atoms with Gasteiger partial charge in [0.2, 0.25) is 5.91 Å². The average Bonchev–Trinajstić information content (AvgIpc) is 2.69. The van der Waals surface area contributed by atoms with Gasteiger partial charge in [0.25, 0.3) is 5.91 Å². The number of hydrogen-bond acceptors (Lipinski definition) is 4. The Hall–Kier alpha value is -3.02. The Morgan fingerprint density at radius 1 is 1.04 bits per heavy atom. The molecular formula is C21H24N2O4. The third-order valence-electron chi connectivity index (χ3n) is 4.89. The summed E-state index contributed by atoms with van der Waals surface area (Å²) in [5.74, 6) is 0.959. The zero-order valence-corrected chi connectivity index (χ0v) is 16.1. The summed E-state index contributed by atoms with van der Waals surface area (Å²) in [6.45, 7) is 4.57. The van der Waals surface area contributed by atoms with E-state index < -0.39 is 6.04 Å². The van der Waals surface area contributed by atoms with E-state index in [9.17, 15) is 9.59 Å². The highest BCUT2D eigenvalue weighted by Gasteiger charge is 2.36. The molecule has 6 heteroatoms. The molecule has 6 nitrogen and oxygen atoms in total. The second kappa shape index (κ2) is 7.70. The summed E-state index contributed by atoms with van der Waals surface area (Å²) < 4.78 is 10.7. The molecule has 1 unspecified atom stereocenters. The van der Waals surface area contributed by atoms with E-state index >= 15 is 0 Å². The lowest BCUT2D eigenvalue weighted by molar-refractivity contribution is -0.124. The summed E-state index contributed by atoms with van der Waals surface area (Å²) in [6.07, 6.45) is 0. The van der Waals surface area contributed by atoms with Gasteiger partial charge in [-0.05, 0) is 38.1 Å². The molecule has 0 N–H and O–H groups in total. The monoisotopic (exact) mass is 368 g/mol. The van der Waals surface area contributed by atoms with Crippen molar-refractivity contribution in [2.75, 3.05) is 32.2 Å². The number of piperazine rings is 1. The number of nitrogens with zero attached hydrogens (tertiary/aromatic N) is 2. The molecule has 0 aromatic heterocycles. The summed E-state index contributed by atoms with van der Waals surface area (Å²) in [6, 6.07) is 12.2. The number of methoxy groups -OCH3 is 2. The van der Waals surface area contributed by atoms with Gasteiger partial charge in [-0.3, -0.25) is 9.59 Å². The molecule has 2 aromatic carbocycles. The van der Waals surface area contributed by atoms with E-state index in [1.54, 1.807) is 61.3 Å². The SMILES string of the molecule is COc1ccc(OC)c(N2CCN(C(=O)c3ccc(C)cc3)C(C)C2=O)c1. The van der Waals surface area contributed by atoms with Crippen molar-refractivity contribution in [2.24, 2.45) is 0 Å². The van der Waals surface area contributed by atoms with E-state index in [1.807, 2.05) is 19.1 Å². The number of ether oxygens (including phenoxy) is 2. The molecule has 1 atom stereocenters. The summed E-state index contributed by atoms with van der Waals surface area (Å²) in [5, 5.41) is 0. The first-order chi connectivity index (χ1) is 13.0. The summed E-state index contributed by atoms with van der Waals surface area (Å²) in [7, 11) is 3.14. The van der Waals surface area contributed by atoms with Gasteiger partial charge in [0, 0.05) is 24.7 Å². The number of rotatable bonds is 4. The van der Waals surface area contributed by atoms with Gasteiger partial charge in [0.05, 0.1) is 19.9 Å². The van der Waals surface area contributed by atoms with Crippen LogP contribution in [-0.4, -0.2) is 50.1 Å². The van der Waals surface area contributed by atoms with Crippen molar-refractivity contribution < 1.29 is 19.1 Å². The van der Waals surface area contributed by atoms with E-state index in [-0.39, 0.29) is 11.8 Å².